The first-order valence-corrected chi connectivity index (χ1v) is 9.57. The summed E-state index contributed by atoms with van der Waals surface area (Å²) in [7, 11) is 0. The van der Waals surface area contributed by atoms with Gasteiger partial charge in [0.2, 0.25) is 0 Å². The Hall–Kier alpha value is -3.12. The number of nitrogens with zero attached hydrogens (tertiary/aromatic N) is 4. The number of nitrogen functional groups attached to an aromatic ring is 1. The molecule has 3 aromatic rings. The van der Waals surface area contributed by atoms with Gasteiger partial charge in [-0.15, -0.1) is 0 Å². The summed E-state index contributed by atoms with van der Waals surface area (Å²) < 4.78 is 5.46. The number of benzene rings is 2. The van der Waals surface area contributed by atoms with Crippen molar-refractivity contribution in [2.24, 2.45) is 0 Å². The molecule has 0 amide bonds. The van der Waals surface area contributed by atoms with Crippen LogP contribution in [0.5, 0.6) is 0 Å². The molecule has 1 aliphatic rings. The van der Waals surface area contributed by atoms with Gasteiger partial charge in [0.25, 0.3) is 0 Å². The first-order chi connectivity index (χ1) is 13.8. The van der Waals surface area contributed by atoms with Crippen LogP contribution in [0.4, 0.5) is 17.3 Å². The summed E-state index contributed by atoms with van der Waals surface area (Å²) in [4.78, 5) is 13.4. The van der Waals surface area contributed by atoms with E-state index in [2.05, 4.69) is 68.3 Å². The summed E-state index contributed by atoms with van der Waals surface area (Å²) in [5.41, 5.74) is 9.62. The van der Waals surface area contributed by atoms with Crippen LogP contribution in [0.3, 0.4) is 0 Å². The number of hydrogen-bond donors (Lipinski definition) is 1. The van der Waals surface area contributed by atoms with Gasteiger partial charge in [0.05, 0.1) is 13.2 Å². The molecule has 0 bridgehead atoms. The number of nitrogens with two attached hydrogens (primary N) is 1. The van der Waals surface area contributed by atoms with Gasteiger partial charge in [0.1, 0.15) is 12.0 Å². The Morgan fingerprint density at radius 3 is 2.00 bits per heavy atom. The predicted molar refractivity (Wildman–Crippen MR) is 112 cm³/mol. The van der Waals surface area contributed by atoms with Crippen molar-refractivity contribution in [3.63, 3.8) is 0 Å². The van der Waals surface area contributed by atoms with Crippen molar-refractivity contribution in [2.75, 3.05) is 41.8 Å². The Kier molecular flexibility index (Phi) is 5.68. The number of aromatic nitrogens is 2. The third kappa shape index (κ3) is 4.23. The monoisotopic (exact) mass is 375 g/mol. The van der Waals surface area contributed by atoms with Crippen molar-refractivity contribution < 1.29 is 4.74 Å². The van der Waals surface area contributed by atoms with Gasteiger partial charge in [0, 0.05) is 26.2 Å². The molecule has 0 saturated carbocycles. The van der Waals surface area contributed by atoms with E-state index in [0.717, 1.165) is 37.8 Å². The second kappa shape index (κ2) is 8.71. The van der Waals surface area contributed by atoms with Gasteiger partial charge in [-0.1, -0.05) is 60.7 Å². The molecule has 6 heteroatoms. The maximum atomic E-state index is 6.57. The van der Waals surface area contributed by atoms with Crippen molar-refractivity contribution >= 4 is 17.3 Å². The minimum atomic E-state index is 0.622. The fourth-order valence-corrected chi connectivity index (χ4v) is 3.47. The zero-order valence-electron chi connectivity index (χ0n) is 15.9. The summed E-state index contributed by atoms with van der Waals surface area (Å²) >= 11 is 0. The lowest BCUT2D eigenvalue weighted by Gasteiger charge is -2.31. The van der Waals surface area contributed by atoms with Crippen LogP contribution in [-0.4, -0.2) is 36.3 Å². The van der Waals surface area contributed by atoms with Crippen LogP contribution in [0, 0.1) is 0 Å². The molecule has 0 unspecified atom stereocenters. The van der Waals surface area contributed by atoms with Gasteiger partial charge in [-0.05, 0) is 11.1 Å². The summed E-state index contributed by atoms with van der Waals surface area (Å²) in [6.45, 7) is 4.40. The molecule has 2 aromatic carbocycles. The first kappa shape index (κ1) is 18.3. The normalized spacial score (nSPS) is 14.1. The SMILES string of the molecule is Nc1c(N2CCOCC2)ncnc1N(Cc1ccccc1)Cc1ccccc1. The van der Waals surface area contributed by atoms with Crippen molar-refractivity contribution in [3.8, 4) is 0 Å². The highest BCUT2D eigenvalue weighted by Crippen LogP contribution is 2.31. The Labute approximate surface area is 165 Å². The summed E-state index contributed by atoms with van der Waals surface area (Å²) in [5.74, 6) is 1.56. The Morgan fingerprint density at radius 2 is 1.43 bits per heavy atom. The van der Waals surface area contributed by atoms with Crippen LogP contribution >= 0.6 is 0 Å². The molecule has 0 spiro atoms. The molecule has 0 atom stereocenters. The van der Waals surface area contributed by atoms with Crippen LogP contribution in [0.15, 0.2) is 67.0 Å². The predicted octanol–water partition coefficient (Wildman–Crippen LogP) is 3.10. The molecule has 2 heterocycles. The van der Waals surface area contributed by atoms with Crippen molar-refractivity contribution in [3.05, 3.63) is 78.1 Å². The van der Waals surface area contributed by atoms with E-state index < -0.39 is 0 Å². The molecule has 1 fully saturated rings. The zero-order chi connectivity index (χ0) is 19.2. The van der Waals surface area contributed by atoms with E-state index in [1.807, 2.05) is 12.1 Å². The van der Waals surface area contributed by atoms with Crippen LogP contribution < -0.4 is 15.5 Å². The number of morpholine rings is 1. The molecule has 28 heavy (non-hydrogen) atoms. The maximum absolute atomic E-state index is 6.57. The van der Waals surface area contributed by atoms with E-state index in [9.17, 15) is 0 Å². The molecule has 6 nitrogen and oxygen atoms in total. The first-order valence-electron chi connectivity index (χ1n) is 9.57. The van der Waals surface area contributed by atoms with Gasteiger partial charge in [-0.3, -0.25) is 0 Å². The molecular weight excluding hydrogens is 350 g/mol. The largest absolute Gasteiger partial charge is 0.393 e. The smallest absolute Gasteiger partial charge is 0.158 e. The number of ether oxygens (including phenoxy) is 1. The molecule has 144 valence electrons. The lowest BCUT2D eigenvalue weighted by atomic mass is 10.1. The topological polar surface area (TPSA) is 67.5 Å². The van der Waals surface area contributed by atoms with Crippen LogP contribution in [0.1, 0.15) is 11.1 Å². The standard InChI is InChI=1S/C22H25N5O/c23-20-21(26-11-13-28-14-12-26)24-17-25-22(20)27(15-18-7-3-1-4-8-18)16-19-9-5-2-6-10-19/h1-10,17H,11-16,23H2. The lowest BCUT2D eigenvalue weighted by Crippen LogP contribution is -2.37. The second-order valence-corrected chi connectivity index (χ2v) is 6.86. The van der Waals surface area contributed by atoms with E-state index in [0.29, 0.717) is 18.9 Å². The van der Waals surface area contributed by atoms with E-state index in [-0.39, 0.29) is 0 Å². The van der Waals surface area contributed by atoms with Gasteiger partial charge < -0.3 is 20.3 Å². The Balaban J connectivity index is 1.67. The van der Waals surface area contributed by atoms with Gasteiger partial charge in [0.15, 0.2) is 11.6 Å². The summed E-state index contributed by atoms with van der Waals surface area (Å²) in [5, 5.41) is 0. The molecule has 4 rings (SSSR count). The maximum Gasteiger partial charge on any atom is 0.158 e. The highest BCUT2D eigenvalue weighted by molar-refractivity contribution is 5.75. The molecular formula is C22H25N5O. The van der Waals surface area contributed by atoms with E-state index in [4.69, 9.17) is 10.5 Å². The molecule has 1 aromatic heterocycles. The molecule has 0 aliphatic carbocycles. The highest BCUT2D eigenvalue weighted by Gasteiger charge is 2.21. The van der Waals surface area contributed by atoms with E-state index >= 15 is 0 Å². The Morgan fingerprint density at radius 1 is 0.857 bits per heavy atom. The van der Waals surface area contributed by atoms with E-state index in [1.165, 1.54) is 11.1 Å². The minimum absolute atomic E-state index is 0.622. The fraction of sp³-hybridized carbons (Fsp3) is 0.273. The summed E-state index contributed by atoms with van der Waals surface area (Å²) in [6.07, 6.45) is 1.61. The summed E-state index contributed by atoms with van der Waals surface area (Å²) in [6, 6.07) is 20.8. The van der Waals surface area contributed by atoms with Gasteiger partial charge in [-0.2, -0.15) is 0 Å². The third-order valence-corrected chi connectivity index (χ3v) is 4.88. The average Bonchev–Trinajstić information content (AvgIpc) is 2.76. The molecule has 0 radical (unpaired) electrons. The zero-order valence-corrected chi connectivity index (χ0v) is 15.9. The molecule has 2 N–H and O–H groups in total. The fourth-order valence-electron chi connectivity index (χ4n) is 3.47. The molecule has 1 saturated heterocycles. The Bertz CT molecular complexity index is 840. The van der Waals surface area contributed by atoms with Crippen molar-refractivity contribution in [2.45, 2.75) is 13.1 Å². The average molecular weight is 375 g/mol. The minimum Gasteiger partial charge on any atom is -0.393 e. The van der Waals surface area contributed by atoms with Crippen molar-refractivity contribution in [1.82, 2.24) is 9.97 Å². The van der Waals surface area contributed by atoms with Crippen LogP contribution in [0.2, 0.25) is 0 Å². The van der Waals surface area contributed by atoms with Crippen LogP contribution in [-0.2, 0) is 17.8 Å². The van der Waals surface area contributed by atoms with E-state index in [1.54, 1.807) is 6.33 Å². The lowest BCUT2D eigenvalue weighted by molar-refractivity contribution is 0.122. The number of hydrogen-bond acceptors (Lipinski definition) is 6. The second-order valence-electron chi connectivity index (χ2n) is 6.86. The van der Waals surface area contributed by atoms with Gasteiger partial charge in [-0.25, -0.2) is 9.97 Å². The molecule has 1 aliphatic heterocycles. The van der Waals surface area contributed by atoms with Crippen molar-refractivity contribution in [1.29, 1.82) is 0 Å². The quantitative estimate of drug-likeness (QED) is 0.714. The third-order valence-electron chi connectivity index (χ3n) is 4.88. The number of rotatable bonds is 6. The highest BCUT2D eigenvalue weighted by atomic mass is 16.5. The van der Waals surface area contributed by atoms with Crippen LogP contribution in [0.25, 0.3) is 0 Å². The number of anilines is 3. The van der Waals surface area contributed by atoms with Gasteiger partial charge >= 0.3 is 0 Å².